The Labute approximate surface area is 81.7 Å². The van der Waals surface area contributed by atoms with Crippen molar-refractivity contribution < 1.29 is 19.1 Å². The second-order valence-electron chi connectivity index (χ2n) is 3.85. The third-order valence-electron chi connectivity index (χ3n) is 2.70. The molecular formula is C9H13NO4. The van der Waals surface area contributed by atoms with E-state index >= 15 is 0 Å². The van der Waals surface area contributed by atoms with Crippen LogP contribution in [0.1, 0.15) is 12.8 Å². The molecule has 0 aromatic carbocycles. The normalized spacial score (nSPS) is 36.6. The average Bonchev–Trinajstić information content (AvgIpc) is 2.15. The number of rotatable bonds is 1. The largest absolute Gasteiger partial charge is 0.468 e. The Balaban J connectivity index is 2.22. The Morgan fingerprint density at radius 2 is 2.50 bits per heavy atom. The number of ketones is 1. The number of methoxy groups -OCH3 is 1. The van der Waals surface area contributed by atoms with Crippen LogP contribution in [0.25, 0.3) is 0 Å². The quantitative estimate of drug-likeness (QED) is 0.563. The van der Waals surface area contributed by atoms with Crippen LogP contribution in [0.5, 0.6) is 0 Å². The minimum absolute atomic E-state index is 0.0379. The molecule has 2 rings (SSSR count). The fourth-order valence-electron chi connectivity index (χ4n) is 2.13. The predicted molar refractivity (Wildman–Crippen MR) is 46.7 cm³/mol. The van der Waals surface area contributed by atoms with Gasteiger partial charge < -0.3 is 9.47 Å². The Bertz CT molecular complexity index is 278. The maximum atomic E-state index is 11.5. The monoisotopic (exact) mass is 199 g/mol. The summed E-state index contributed by atoms with van der Waals surface area (Å²) in [4.78, 5) is 22.9. The fraction of sp³-hybridized carbons (Fsp3) is 0.778. The van der Waals surface area contributed by atoms with Gasteiger partial charge in [0.15, 0.2) is 0 Å². The number of hydrogen-bond acceptors (Lipinski definition) is 5. The first kappa shape index (κ1) is 9.61. The summed E-state index contributed by atoms with van der Waals surface area (Å²) in [6.07, 6.45) is 0.620. The zero-order valence-electron chi connectivity index (χ0n) is 8.04. The summed E-state index contributed by atoms with van der Waals surface area (Å²) in [6.45, 7) is 0.715. The summed E-state index contributed by atoms with van der Waals surface area (Å²) < 4.78 is 9.98. The Morgan fingerprint density at radius 3 is 3.21 bits per heavy atom. The topological polar surface area (TPSA) is 64.6 Å². The van der Waals surface area contributed by atoms with E-state index in [1.165, 1.54) is 7.11 Å². The molecule has 5 nitrogen and oxygen atoms in total. The standard InChI is InChI=1S/C9H13NO4/c1-13-8(12)9-3-7(11)2-6(10-9)4-14-5-9/h6,10H,2-5H2,1H3. The van der Waals surface area contributed by atoms with E-state index in [1.807, 2.05) is 0 Å². The molecule has 0 aliphatic carbocycles. The number of carbonyl (C=O) groups excluding carboxylic acids is 2. The molecule has 0 saturated carbocycles. The van der Waals surface area contributed by atoms with Crippen molar-refractivity contribution in [3.05, 3.63) is 0 Å². The lowest BCUT2D eigenvalue weighted by atomic mass is 9.84. The molecule has 2 saturated heterocycles. The molecule has 2 unspecified atom stereocenters. The van der Waals surface area contributed by atoms with Crippen molar-refractivity contribution in [2.24, 2.45) is 0 Å². The second kappa shape index (κ2) is 3.33. The van der Waals surface area contributed by atoms with Crippen molar-refractivity contribution in [2.45, 2.75) is 24.4 Å². The van der Waals surface area contributed by atoms with E-state index in [-0.39, 0.29) is 24.9 Å². The Morgan fingerprint density at radius 1 is 1.71 bits per heavy atom. The van der Waals surface area contributed by atoms with Gasteiger partial charge in [0, 0.05) is 18.9 Å². The molecule has 0 aromatic rings. The van der Waals surface area contributed by atoms with Crippen molar-refractivity contribution in [3.63, 3.8) is 0 Å². The number of fused-ring (bicyclic) bond motifs is 2. The third kappa shape index (κ3) is 1.42. The van der Waals surface area contributed by atoms with Gasteiger partial charge in [0.1, 0.15) is 11.3 Å². The number of piperidine rings is 1. The highest BCUT2D eigenvalue weighted by Gasteiger charge is 2.49. The van der Waals surface area contributed by atoms with Gasteiger partial charge in [0.25, 0.3) is 0 Å². The van der Waals surface area contributed by atoms with E-state index in [0.29, 0.717) is 13.0 Å². The van der Waals surface area contributed by atoms with E-state index in [9.17, 15) is 9.59 Å². The summed E-state index contributed by atoms with van der Waals surface area (Å²) in [5.74, 6) is -0.308. The number of hydrogen-bond donors (Lipinski definition) is 1. The molecule has 2 aliphatic rings. The molecule has 78 valence electrons. The molecule has 2 heterocycles. The van der Waals surface area contributed by atoms with Crippen molar-refractivity contribution in [3.8, 4) is 0 Å². The average molecular weight is 199 g/mol. The SMILES string of the molecule is COC(=O)C12COCC(CC(=O)C1)N2. The first-order valence-electron chi connectivity index (χ1n) is 4.62. The van der Waals surface area contributed by atoms with Crippen LogP contribution in [0.3, 0.4) is 0 Å². The number of ether oxygens (including phenoxy) is 2. The van der Waals surface area contributed by atoms with E-state index in [1.54, 1.807) is 0 Å². The van der Waals surface area contributed by atoms with Crippen LogP contribution in [-0.4, -0.2) is 43.7 Å². The molecule has 2 fully saturated rings. The lowest BCUT2D eigenvalue weighted by Gasteiger charge is -2.42. The summed E-state index contributed by atoms with van der Waals surface area (Å²) in [5, 5.41) is 3.13. The zero-order valence-corrected chi connectivity index (χ0v) is 8.04. The number of carbonyl (C=O) groups is 2. The summed E-state index contributed by atoms with van der Waals surface area (Å²) in [5.41, 5.74) is -0.924. The summed E-state index contributed by atoms with van der Waals surface area (Å²) >= 11 is 0. The van der Waals surface area contributed by atoms with Gasteiger partial charge in [-0.2, -0.15) is 0 Å². The first-order chi connectivity index (χ1) is 6.66. The van der Waals surface area contributed by atoms with Crippen molar-refractivity contribution in [2.75, 3.05) is 20.3 Å². The number of morpholine rings is 1. The van der Waals surface area contributed by atoms with Crippen LogP contribution in [0.2, 0.25) is 0 Å². The minimum atomic E-state index is -0.924. The molecule has 0 amide bonds. The van der Waals surface area contributed by atoms with Crippen molar-refractivity contribution in [1.82, 2.24) is 5.32 Å². The van der Waals surface area contributed by atoms with E-state index in [0.717, 1.165) is 0 Å². The van der Waals surface area contributed by atoms with Crippen LogP contribution in [-0.2, 0) is 19.1 Å². The molecule has 14 heavy (non-hydrogen) atoms. The van der Waals surface area contributed by atoms with E-state index in [4.69, 9.17) is 4.74 Å². The highest BCUT2D eigenvalue weighted by Crippen LogP contribution is 2.26. The fourth-order valence-corrected chi connectivity index (χ4v) is 2.13. The second-order valence-corrected chi connectivity index (χ2v) is 3.85. The van der Waals surface area contributed by atoms with Crippen LogP contribution in [0.15, 0.2) is 0 Å². The molecule has 0 aromatic heterocycles. The number of nitrogens with one attached hydrogen (secondary N) is 1. The highest BCUT2D eigenvalue weighted by molar-refractivity contribution is 5.92. The number of esters is 1. The third-order valence-corrected chi connectivity index (χ3v) is 2.70. The highest BCUT2D eigenvalue weighted by atomic mass is 16.5. The Kier molecular flexibility index (Phi) is 2.28. The van der Waals surface area contributed by atoms with Crippen molar-refractivity contribution >= 4 is 11.8 Å². The molecule has 1 N–H and O–H groups in total. The zero-order chi connectivity index (χ0) is 10.2. The number of Topliss-reactive ketones (excluding diaryl/α,β-unsaturated/α-hetero) is 1. The van der Waals surface area contributed by atoms with Crippen LogP contribution in [0, 0.1) is 0 Å². The van der Waals surface area contributed by atoms with Crippen LogP contribution < -0.4 is 5.32 Å². The molecule has 5 heteroatoms. The van der Waals surface area contributed by atoms with Gasteiger partial charge in [-0.25, -0.2) is 4.79 Å². The first-order valence-corrected chi connectivity index (χ1v) is 4.62. The predicted octanol–water partition coefficient (Wildman–Crippen LogP) is -0.750. The van der Waals surface area contributed by atoms with Gasteiger partial charge in [-0.3, -0.25) is 10.1 Å². The van der Waals surface area contributed by atoms with Gasteiger partial charge in [-0.05, 0) is 0 Å². The van der Waals surface area contributed by atoms with E-state index in [2.05, 4.69) is 10.1 Å². The maximum Gasteiger partial charge on any atom is 0.328 e. The smallest absolute Gasteiger partial charge is 0.328 e. The lowest BCUT2D eigenvalue weighted by Crippen LogP contribution is -2.67. The Hall–Kier alpha value is -0.940. The summed E-state index contributed by atoms with van der Waals surface area (Å²) in [6, 6.07) is -0.0379. The molecule has 2 atom stereocenters. The minimum Gasteiger partial charge on any atom is -0.468 e. The molecule has 2 bridgehead atoms. The molecule has 0 spiro atoms. The van der Waals surface area contributed by atoms with Gasteiger partial charge in [-0.1, -0.05) is 0 Å². The van der Waals surface area contributed by atoms with Gasteiger partial charge in [-0.15, -0.1) is 0 Å². The molecule has 0 radical (unpaired) electrons. The van der Waals surface area contributed by atoms with Crippen LogP contribution >= 0.6 is 0 Å². The van der Waals surface area contributed by atoms with Crippen molar-refractivity contribution in [1.29, 1.82) is 0 Å². The van der Waals surface area contributed by atoms with Gasteiger partial charge >= 0.3 is 5.97 Å². The van der Waals surface area contributed by atoms with Gasteiger partial charge in [0.2, 0.25) is 0 Å². The molecular weight excluding hydrogens is 186 g/mol. The van der Waals surface area contributed by atoms with Gasteiger partial charge in [0.05, 0.1) is 20.3 Å². The lowest BCUT2D eigenvalue weighted by molar-refractivity contribution is -0.161. The molecule has 2 aliphatic heterocycles. The summed E-state index contributed by atoms with van der Waals surface area (Å²) in [7, 11) is 1.32. The van der Waals surface area contributed by atoms with Crippen LogP contribution in [0.4, 0.5) is 0 Å². The van der Waals surface area contributed by atoms with E-state index < -0.39 is 11.5 Å². The maximum absolute atomic E-state index is 11.5.